The van der Waals surface area contributed by atoms with Gasteiger partial charge in [-0.25, -0.2) is 4.98 Å². The predicted octanol–water partition coefficient (Wildman–Crippen LogP) is 1.65. The molecular weight excluding hydrogens is 420 g/mol. The number of imidazole rings is 1. The topological polar surface area (TPSA) is 140 Å². The van der Waals surface area contributed by atoms with Crippen LogP contribution in [0.5, 0.6) is 0 Å². The number of H-pyrrole nitrogens is 1. The summed E-state index contributed by atoms with van der Waals surface area (Å²) < 4.78 is 0. The maximum atomic E-state index is 12.9. The van der Waals surface area contributed by atoms with Gasteiger partial charge in [0.25, 0.3) is 5.91 Å². The monoisotopic (exact) mass is 442 g/mol. The number of nitriles is 1. The number of amides is 3. The fourth-order valence-corrected chi connectivity index (χ4v) is 4.04. The zero-order valence-corrected chi connectivity index (χ0v) is 17.5. The Morgan fingerprint density at radius 2 is 2.06 bits per heavy atom. The second kappa shape index (κ2) is 8.94. The fourth-order valence-electron chi connectivity index (χ4n) is 3.82. The Labute approximate surface area is 183 Å². The maximum Gasteiger partial charge on any atom is 0.287 e. The first-order valence-electron chi connectivity index (χ1n) is 10.4. The van der Waals surface area contributed by atoms with Crippen LogP contribution in [0.25, 0.3) is 11.0 Å². The summed E-state index contributed by atoms with van der Waals surface area (Å²) in [7, 11) is 0. The number of rotatable bonds is 8. The van der Waals surface area contributed by atoms with E-state index in [0.29, 0.717) is 41.4 Å². The lowest BCUT2D eigenvalue weighted by Crippen LogP contribution is -2.50. The molecule has 0 bridgehead atoms. The van der Waals surface area contributed by atoms with E-state index in [-0.39, 0.29) is 24.1 Å². The highest BCUT2D eigenvalue weighted by atomic mass is 35.5. The lowest BCUT2D eigenvalue weighted by atomic mass is 9.98. The van der Waals surface area contributed by atoms with Gasteiger partial charge in [0.1, 0.15) is 12.1 Å². The Morgan fingerprint density at radius 3 is 2.71 bits per heavy atom. The fraction of sp³-hybridized carbons (Fsp3) is 0.476. The van der Waals surface area contributed by atoms with Crippen molar-refractivity contribution < 1.29 is 14.4 Å². The molecule has 31 heavy (non-hydrogen) atoms. The normalized spacial score (nSPS) is 20.0. The quantitative estimate of drug-likeness (QED) is 0.492. The van der Waals surface area contributed by atoms with Gasteiger partial charge in [-0.3, -0.25) is 14.4 Å². The van der Waals surface area contributed by atoms with Gasteiger partial charge in [-0.1, -0.05) is 30.5 Å². The van der Waals surface area contributed by atoms with Gasteiger partial charge < -0.3 is 20.9 Å². The van der Waals surface area contributed by atoms with Crippen LogP contribution in [-0.2, 0) is 9.59 Å². The third-order valence-corrected chi connectivity index (χ3v) is 6.04. The summed E-state index contributed by atoms with van der Waals surface area (Å²) in [6, 6.07) is 5.63. The zero-order valence-electron chi connectivity index (χ0n) is 16.8. The molecule has 1 aromatic carbocycles. The highest BCUT2D eigenvalue weighted by molar-refractivity contribution is 6.35. The summed E-state index contributed by atoms with van der Waals surface area (Å²) >= 11 is 6.14. The maximum absolute atomic E-state index is 12.9. The molecule has 2 heterocycles. The first-order valence-corrected chi connectivity index (χ1v) is 10.7. The summed E-state index contributed by atoms with van der Waals surface area (Å²) in [5, 5.41) is 18.1. The van der Waals surface area contributed by atoms with E-state index >= 15 is 0 Å². The molecule has 0 spiro atoms. The van der Waals surface area contributed by atoms with Crippen molar-refractivity contribution in [2.75, 3.05) is 6.54 Å². The first kappa shape index (κ1) is 21.1. The number of para-hydroxylation sites is 1. The van der Waals surface area contributed by atoms with Crippen LogP contribution in [0, 0.1) is 23.2 Å². The molecule has 162 valence electrons. The number of aromatic amines is 1. The molecule has 10 heteroatoms. The summed E-state index contributed by atoms with van der Waals surface area (Å²) in [4.78, 5) is 44.6. The number of benzene rings is 1. The molecular formula is C21H23ClN6O3. The summed E-state index contributed by atoms with van der Waals surface area (Å²) in [6.45, 7) is 0.581. The van der Waals surface area contributed by atoms with Crippen molar-refractivity contribution in [2.24, 2.45) is 11.8 Å². The Bertz CT molecular complexity index is 1060. The number of hydrogen-bond acceptors (Lipinski definition) is 5. The van der Waals surface area contributed by atoms with E-state index in [9.17, 15) is 19.6 Å². The SMILES string of the molecule is N#C[C@H](C[C@@H]1CCNC1=O)NC(=O)[C@H](CC1CC1)NC(=O)c1nc2cccc(Cl)c2[nH]1. The number of hydrogen-bond donors (Lipinski definition) is 4. The van der Waals surface area contributed by atoms with Crippen LogP contribution in [0.1, 0.15) is 42.7 Å². The van der Waals surface area contributed by atoms with Crippen molar-refractivity contribution in [1.29, 1.82) is 5.26 Å². The summed E-state index contributed by atoms with van der Waals surface area (Å²) in [5.41, 5.74) is 1.11. The minimum Gasteiger partial charge on any atom is -0.356 e. The van der Waals surface area contributed by atoms with Gasteiger partial charge in [-0.2, -0.15) is 5.26 Å². The minimum absolute atomic E-state index is 0.0659. The van der Waals surface area contributed by atoms with Crippen molar-refractivity contribution >= 4 is 40.4 Å². The highest BCUT2D eigenvalue weighted by Gasteiger charge is 2.33. The molecule has 0 radical (unpaired) electrons. The molecule has 2 aromatic rings. The van der Waals surface area contributed by atoms with Gasteiger partial charge in [0.05, 0.1) is 22.1 Å². The lowest BCUT2D eigenvalue weighted by Gasteiger charge is -2.21. The molecule has 2 fully saturated rings. The molecule has 2 aliphatic rings. The van der Waals surface area contributed by atoms with Crippen LogP contribution in [0.3, 0.4) is 0 Å². The van der Waals surface area contributed by atoms with E-state index in [2.05, 4.69) is 32.0 Å². The molecule has 4 rings (SSSR count). The van der Waals surface area contributed by atoms with Crippen molar-refractivity contribution in [3.05, 3.63) is 29.0 Å². The van der Waals surface area contributed by atoms with E-state index in [4.69, 9.17) is 11.6 Å². The number of nitrogens with zero attached hydrogens (tertiary/aromatic N) is 2. The average Bonchev–Trinajstić information content (AvgIpc) is 3.30. The molecule has 3 amide bonds. The third-order valence-electron chi connectivity index (χ3n) is 5.73. The number of carbonyl (C=O) groups excluding carboxylic acids is 3. The Hall–Kier alpha value is -3.12. The predicted molar refractivity (Wildman–Crippen MR) is 113 cm³/mol. The van der Waals surface area contributed by atoms with E-state index in [1.54, 1.807) is 18.2 Å². The molecule has 1 saturated heterocycles. The number of halogens is 1. The molecule has 0 unspecified atom stereocenters. The third kappa shape index (κ3) is 4.97. The van der Waals surface area contributed by atoms with Gasteiger partial charge in [0, 0.05) is 12.5 Å². The van der Waals surface area contributed by atoms with Crippen molar-refractivity contribution in [3.8, 4) is 6.07 Å². The van der Waals surface area contributed by atoms with Crippen LogP contribution in [-0.4, -0.2) is 46.3 Å². The Kier molecular flexibility index (Phi) is 6.09. The van der Waals surface area contributed by atoms with Gasteiger partial charge >= 0.3 is 0 Å². The summed E-state index contributed by atoms with van der Waals surface area (Å²) in [6.07, 6.45) is 3.39. The van der Waals surface area contributed by atoms with Crippen LogP contribution < -0.4 is 16.0 Å². The van der Waals surface area contributed by atoms with Gasteiger partial charge in [0.15, 0.2) is 5.82 Å². The van der Waals surface area contributed by atoms with E-state index in [1.165, 1.54) is 0 Å². The number of aromatic nitrogens is 2. The number of carbonyl (C=O) groups is 3. The van der Waals surface area contributed by atoms with Crippen molar-refractivity contribution in [3.63, 3.8) is 0 Å². The van der Waals surface area contributed by atoms with Gasteiger partial charge in [0.2, 0.25) is 11.8 Å². The summed E-state index contributed by atoms with van der Waals surface area (Å²) in [5.74, 6) is -0.905. The smallest absolute Gasteiger partial charge is 0.287 e. The van der Waals surface area contributed by atoms with Crippen molar-refractivity contribution in [2.45, 2.75) is 44.2 Å². The molecule has 9 nitrogen and oxygen atoms in total. The van der Waals surface area contributed by atoms with Crippen LogP contribution in [0.15, 0.2) is 18.2 Å². The molecule has 4 N–H and O–H groups in total. The highest BCUT2D eigenvalue weighted by Crippen LogP contribution is 2.33. The van der Waals surface area contributed by atoms with E-state index in [0.717, 1.165) is 12.8 Å². The Balaban J connectivity index is 1.43. The van der Waals surface area contributed by atoms with Crippen LogP contribution in [0.4, 0.5) is 0 Å². The van der Waals surface area contributed by atoms with Gasteiger partial charge in [-0.05, 0) is 37.3 Å². The van der Waals surface area contributed by atoms with Gasteiger partial charge in [-0.15, -0.1) is 0 Å². The van der Waals surface area contributed by atoms with Crippen LogP contribution >= 0.6 is 11.6 Å². The van der Waals surface area contributed by atoms with Crippen molar-refractivity contribution in [1.82, 2.24) is 25.9 Å². The number of nitrogens with one attached hydrogen (secondary N) is 4. The molecule has 1 aliphatic carbocycles. The molecule has 1 saturated carbocycles. The zero-order chi connectivity index (χ0) is 22.0. The molecule has 3 atom stereocenters. The minimum atomic E-state index is -0.801. The lowest BCUT2D eigenvalue weighted by molar-refractivity contribution is -0.125. The molecule has 1 aliphatic heterocycles. The Morgan fingerprint density at radius 1 is 1.26 bits per heavy atom. The standard InChI is InChI=1S/C21H23ClN6O3/c22-14-2-1-3-15-17(14)28-18(26-15)21(31)27-16(8-11-4-5-11)20(30)25-13(10-23)9-12-6-7-24-19(12)29/h1-3,11-13,16H,4-9H2,(H,24,29)(H,25,30)(H,26,28)(H,27,31)/t12-,13-,16-/m0/s1. The molecule has 1 aromatic heterocycles. The number of fused-ring (bicyclic) bond motifs is 1. The van der Waals surface area contributed by atoms with E-state index < -0.39 is 23.9 Å². The largest absolute Gasteiger partial charge is 0.356 e. The second-order valence-corrected chi connectivity index (χ2v) is 8.53. The van der Waals surface area contributed by atoms with Crippen LogP contribution in [0.2, 0.25) is 5.02 Å². The average molecular weight is 443 g/mol. The second-order valence-electron chi connectivity index (χ2n) is 8.13. The first-order chi connectivity index (χ1) is 14.9. The van der Waals surface area contributed by atoms with E-state index in [1.807, 2.05) is 0 Å².